The Hall–Kier alpha value is -2.45. The Balaban J connectivity index is 2.23. The van der Waals surface area contributed by atoms with Gasteiger partial charge in [-0.1, -0.05) is 24.3 Å². The summed E-state index contributed by atoms with van der Waals surface area (Å²) in [7, 11) is -2.48. The molecule has 0 amide bonds. The first-order valence-electron chi connectivity index (χ1n) is 6.30. The molecule has 0 aliphatic heterocycles. The van der Waals surface area contributed by atoms with Gasteiger partial charge in [0.1, 0.15) is 5.75 Å². The van der Waals surface area contributed by atoms with Gasteiger partial charge in [-0.25, -0.2) is 13.1 Å². The standard InChI is InChI=1S/C14H14N2O5S/c1-21-12-6-4-5-11(9-12)10-15-22(19,20)14-8-3-2-7-13(14)16(17)18/h2-9,15H,10H2,1H3. The summed E-state index contributed by atoms with van der Waals surface area (Å²) in [5, 5.41) is 10.9. The summed E-state index contributed by atoms with van der Waals surface area (Å²) in [6, 6.07) is 12.1. The normalized spacial score (nSPS) is 11.1. The van der Waals surface area contributed by atoms with Crippen molar-refractivity contribution in [1.29, 1.82) is 0 Å². The number of benzene rings is 2. The number of ether oxygens (including phenoxy) is 1. The lowest BCUT2D eigenvalue weighted by atomic mass is 10.2. The van der Waals surface area contributed by atoms with E-state index in [0.29, 0.717) is 11.3 Å². The number of nitrogens with zero attached hydrogens (tertiary/aromatic N) is 1. The minimum Gasteiger partial charge on any atom is -0.497 e. The molecule has 2 rings (SSSR count). The van der Waals surface area contributed by atoms with Gasteiger partial charge in [-0.15, -0.1) is 0 Å². The van der Waals surface area contributed by atoms with Crippen LogP contribution in [-0.2, 0) is 16.6 Å². The predicted octanol–water partition coefficient (Wildman–Crippen LogP) is 2.08. The number of sulfonamides is 1. The molecule has 1 N–H and O–H groups in total. The van der Waals surface area contributed by atoms with E-state index in [-0.39, 0.29) is 11.4 Å². The van der Waals surface area contributed by atoms with Crippen LogP contribution in [0.1, 0.15) is 5.56 Å². The SMILES string of the molecule is COc1cccc(CNS(=O)(=O)c2ccccc2[N+](=O)[O-])c1. The van der Waals surface area contributed by atoms with Crippen molar-refractivity contribution in [2.45, 2.75) is 11.4 Å². The molecule has 22 heavy (non-hydrogen) atoms. The van der Waals surface area contributed by atoms with Crippen LogP contribution < -0.4 is 9.46 Å². The largest absolute Gasteiger partial charge is 0.497 e. The minimum absolute atomic E-state index is 0.00554. The molecule has 0 saturated carbocycles. The van der Waals surface area contributed by atoms with Gasteiger partial charge in [0, 0.05) is 12.6 Å². The number of nitro groups is 1. The van der Waals surface area contributed by atoms with Gasteiger partial charge in [0.2, 0.25) is 10.0 Å². The van der Waals surface area contributed by atoms with E-state index >= 15 is 0 Å². The van der Waals surface area contributed by atoms with E-state index in [2.05, 4.69) is 4.72 Å². The summed E-state index contributed by atoms with van der Waals surface area (Å²) in [5.41, 5.74) is 0.224. The molecule has 2 aromatic carbocycles. The van der Waals surface area contributed by atoms with Crippen LogP contribution in [0.2, 0.25) is 0 Å². The molecule has 2 aromatic rings. The van der Waals surface area contributed by atoms with E-state index < -0.39 is 20.6 Å². The first-order valence-corrected chi connectivity index (χ1v) is 7.78. The summed E-state index contributed by atoms with van der Waals surface area (Å²) in [4.78, 5) is 9.84. The van der Waals surface area contributed by atoms with Crippen LogP contribution in [0.15, 0.2) is 53.4 Å². The zero-order chi connectivity index (χ0) is 16.2. The van der Waals surface area contributed by atoms with Crippen molar-refractivity contribution in [1.82, 2.24) is 4.72 Å². The van der Waals surface area contributed by atoms with Crippen LogP contribution in [0.5, 0.6) is 5.75 Å². The maximum absolute atomic E-state index is 12.2. The summed E-state index contributed by atoms with van der Waals surface area (Å²) in [5.74, 6) is 0.599. The van der Waals surface area contributed by atoms with Gasteiger partial charge in [0.15, 0.2) is 4.90 Å². The first kappa shape index (κ1) is 15.9. The summed E-state index contributed by atoms with van der Waals surface area (Å²) >= 11 is 0. The molecular weight excluding hydrogens is 308 g/mol. The van der Waals surface area contributed by atoms with Crippen molar-refractivity contribution in [2.24, 2.45) is 0 Å². The second kappa shape index (κ2) is 6.54. The molecule has 0 aromatic heterocycles. The summed E-state index contributed by atoms with van der Waals surface area (Å²) < 4.78 is 31.9. The van der Waals surface area contributed by atoms with Crippen LogP contribution >= 0.6 is 0 Å². The van der Waals surface area contributed by atoms with Gasteiger partial charge >= 0.3 is 0 Å². The van der Waals surface area contributed by atoms with Crippen molar-refractivity contribution >= 4 is 15.7 Å². The highest BCUT2D eigenvalue weighted by molar-refractivity contribution is 7.89. The molecule has 0 unspecified atom stereocenters. The van der Waals surface area contributed by atoms with Crippen LogP contribution in [0.3, 0.4) is 0 Å². The minimum atomic E-state index is -3.99. The number of methoxy groups -OCH3 is 1. The zero-order valence-electron chi connectivity index (χ0n) is 11.7. The fraction of sp³-hybridized carbons (Fsp3) is 0.143. The number of hydrogen-bond acceptors (Lipinski definition) is 5. The Kier molecular flexibility index (Phi) is 4.74. The summed E-state index contributed by atoms with van der Waals surface area (Å²) in [6.45, 7) is 0.00554. The molecule has 0 saturated heterocycles. The van der Waals surface area contributed by atoms with E-state index in [9.17, 15) is 18.5 Å². The molecule has 7 nitrogen and oxygen atoms in total. The van der Waals surface area contributed by atoms with Gasteiger partial charge in [0.25, 0.3) is 5.69 Å². The average Bonchev–Trinajstić information content (AvgIpc) is 2.53. The monoisotopic (exact) mass is 322 g/mol. The third kappa shape index (κ3) is 3.60. The maximum Gasteiger partial charge on any atom is 0.289 e. The number of nitro benzene ring substituents is 1. The highest BCUT2D eigenvalue weighted by Crippen LogP contribution is 2.23. The zero-order valence-corrected chi connectivity index (χ0v) is 12.5. The molecule has 0 heterocycles. The molecule has 0 aliphatic rings. The Morgan fingerprint density at radius 3 is 2.59 bits per heavy atom. The Morgan fingerprint density at radius 1 is 1.18 bits per heavy atom. The van der Waals surface area contributed by atoms with Crippen LogP contribution in [0, 0.1) is 10.1 Å². The Labute approximate surface area is 127 Å². The lowest BCUT2D eigenvalue weighted by Gasteiger charge is -2.08. The second-order valence-electron chi connectivity index (χ2n) is 4.40. The van der Waals surface area contributed by atoms with Crippen molar-refractivity contribution < 1.29 is 18.1 Å². The van der Waals surface area contributed by atoms with Crippen molar-refractivity contribution in [3.63, 3.8) is 0 Å². The quantitative estimate of drug-likeness (QED) is 0.648. The lowest BCUT2D eigenvalue weighted by molar-refractivity contribution is -0.387. The van der Waals surface area contributed by atoms with Crippen molar-refractivity contribution in [3.8, 4) is 5.75 Å². The second-order valence-corrected chi connectivity index (χ2v) is 6.14. The molecule has 116 valence electrons. The number of hydrogen-bond donors (Lipinski definition) is 1. The Morgan fingerprint density at radius 2 is 1.91 bits per heavy atom. The summed E-state index contributed by atoms with van der Waals surface area (Å²) in [6.07, 6.45) is 0. The lowest BCUT2D eigenvalue weighted by Crippen LogP contribution is -2.24. The smallest absolute Gasteiger partial charge is 0.289 e. The van der Waals surface area contributed by atoms with Gasteiger partial charge in [-0.05, 0) is 23.8 Å². The van der Waals surface area contributed by atoms with Crippen LogP contribution in [0.4, 0.5) is 5.69 Å². The van der Waals surface area contributed by atoms with E-state index in [1.54, 1.807) is 24.3 Å². The molecule has 0 aliphatic carbocycles. The third-order valence-electron chi connectivity index (χ3n) is 2.95. The highest BCUT2D eigenvalue weighted by Gasteiger charge is 2.24. The number of para-hydroxylation sites is 1. The van der Waals surface area contributed by atoms with Crippen molar-refractivity contribution in [2.75, 3.05) is 7.11 Å². The molecule has 0 fully saturated rings. The van der Waals surface area contributed by atoms with Gasteiger partial charge in [0.05, 0.1) is 12.0 Å². The molecule has 0 bridgehead atoms. The third-order valence-corrected chi connectivity index (χ3v) is 4.40. The van der Waals surface area contributed by atoms with Gasteiger partial charge < -0.3 is 4.74 Å². The van der Waals surface area contributed by atoms with E-state index in [1.807, 2.05) is 0 Å². The highest BCUT2D eigenvalue weighted by atomic mass is 32.2. The molecule has 0 spiro atoms. The van der Waals surface area contributed by atoms with Crippen molar-refractivity contribution in [3.05, 3.63) is 64.2 Å². The van der Waals surface area contributed by atoms with Crippen LogP contribution in [0.25, 0.3) is 0 Å². The maximum atomic E-state index is 12.2. The van der Waals surface area contributed by atoms with Crippen LogP contribution in [-0.4, -0.2) is 20.5 Å². The molecule has 8 heteroatoms. The topological polar surface area (TPSA) is 98.5 Å². The van der Waals surface area contributed by atoms with E-state index in [0.717, 1.165) is 6.07 Å². The first-order chi connectivity index (χ1) is 10.4. The number of nitrogens with one attached hydrogen (secondary N) is 1. The van der Waals surface area contributed by atoms with Gasteiger partial charge in [-0.2, -0.15) is 0 Å². The number of rotatable bonds is 6. The average molecular weight is 322 g/mol. The molecule has 0 radical (unpaired) electrons. The van der Waals surface area contributed by atoms with E-state index in [1.165, 1.54) is 25.3 Å². The molecular formula is C14H14N2O5S. The Bertz CT molecular complexity index is 789. The van der Waals surface area contributed by atoms with E-state index in [4.69, 9.17) is 4.74 Å². The molecule has 0 atom stereocenters. The fourth-order valence-electron chi connectivity index (χ4n) is 1.87. The fourth-order valence-corrected chi connectivity index (χ4v) is 3.06. The van der Waals surface area contributed by atoms with Gasteiger partial charge in [-0.3, -0.25) is 10.1 Å². The predicted molar refractivity (Wildman–Crippen MR) is 80.1 cm³/mol.